The Kier molecular flexibility index (Phi) is 3.10. The molecule has 2 rings (SSSR count). The molecule has 0 radical (unpaired) electrons. The Morgan fingerprint density at radius 3 is 2.75 bits per heavy atom. The predicted molar refractivity (Wildman–Crippen MR) is 59.2 cm³/mol. The fourth-order valence-corrected chi connectivity index (χ4v) is 2.03. The zero-order chi connectivity index (χ0) is 11.5. The molecule has 2 nitrogen and oxygen atoms in total. The van der Waals surface area contributed by atoms with Crippen LogP contribution >= 0.6 is 11.8 Å². The van der Waals surface area contributed by atoms with Gasteiger partial charge in [0, 0.05) is 11.8 Å². The van der Waals surface area contributed by atoms with Gasteiger partial charge in [0.05, 0.1) is 0 Å². The molecule has 4 heteroatoms. The van der Waals surface area contributed by atoms with E-state index in [2.05, 4.69) is 0 Å². The maximum atomic E-state index is 12.9. The van der Waals surface area contributed by atoms with Crippen molar-refractivity contribution in [1.82, 2.24) is 0 Å². The quantitative estimate of drug-likeness (QED) is 0.760. The predicted octanol–water partition coefficient (Wildman–Crippen LogP) is 3.77. The van der Waals surface area contributed by atoms with Gasteiger partial charge in [0.1, 0.15) is 5.82 Å². The van der Waals surface area contributed by atoms with Crippen LogP contribution in [-0.4, -0.2) is 5.78 Å². The Bertz CT molecular complexity index is 519. The van der Waals surface area contributed by atoms with Crippen LogP contribution in [0.1, 0.15) is 17.5 Å². The highest BCUT2D eigenvalue weighted by Crippen LogP contribution is 2.29. The molecule has 1 heterocycles. The first kappa shape index (κ1) is 11.0. The molecule has 0 aliphatic rings. The van der Waals surface area contributed by atoms with Crippen LogP contribution in [0.5, 0.6) is 0 Å². The van der Waals surface area contributed by atoms with Gasteiger partial charge in [-0.25, -0.2) is 4.39 Å². The van der Waals surface area contributed by atoms with Crippen LogP contribution in [0.2, 0.25) is 0 Å². The fourth-order valence-electron chi connectivity index (χ4n) is 1.21. The Labute approximate surface area is 96.5 Å². The van der Waals surface area contributed by atoms with E-state index in [9.17, 15) is 9.18 Å². The lowest BCUT2D eigenvalue weighted by Gasteiger charge is -1.97. The van der Waals surface area contributed by atoms with Crippen molar-refractivity contribution in [2.75, 3.05) is 0 Å². The van der Waals surface area contributed by atoms with Gasteiger partial charge in [-0.15, -0.1) is 0 Å². The van der Waals surface area contributed by atoms with E-state index in [-0.39, 0.29) is 11.6 Å². The Morgan fingerprint density at radius 2 is 2.12 bits per heavy atom. The first-order valence-electron chi connectivity index (χ1n) is 4.69. The van der Waals surface area contributed by atoms with Crippen LogP contribution in [0.3, 0.4) is 0 Å². The van der Waals surface area contributed by atoms with Gasteiger partial charge in [-0.2, -0.15) is 0 Å². The third kappa shape index (κ3) is 2.52. The molecule has 1 aromatic carbocycles. The number of ketones is 1. The fraction of sp³-hybridized carbons (Fsp3) is 0.0833. The van der Waals surface area contributed by atoms with Crippen molar-refractivity contribution in [3.8, 4) is 0 Å². The molecular formula is C12H9FO2S. The number of Topliss-reactive ketones (excluding diaryl/α,β-unsaturated/α-hetero) is 1. The minimum absolute atomic E-state index is 0.119. The normalized spacial score (nSPS) is 10.4. The molecule has 82 valence electrons. The Balaban J connectivity index is 2.17. The molecule has 2 aromatic rings. The van der Waals surface area contributed by atoms with Gasteiger partial charge in [-0.05, 0) is 30.3 Å². The highest BCUT2D eigenvalue weighted by molar-refractivity contribution is 7.99. The van der Waals surface area contributed by atoms with Crippen LogP contribution in [0.25, 0.3) is 0 Å². The van der Waals surface area contributed by atoms with Crippen molar-refractivity contribution in [3.05, 3.63) is 48.0 Å². The summed E-state index contributed by atoms with van der Waals surface area (Å²) in [5.74, 6) is -0.0895. The van der Waals surface area contributed by atoms with E-state index in [1.54, 1.807) is 24.3 Å². The SMILES string of the molecule is CC(=O)c1ccc(Sc2cccc(F)c2)o1. The summed E-state index contributed by atoms with van der Waals surface area (Å²) in [5.41, 5.74) is 0. The van der Waals surface area contributed by atoms with Crippen LogP contribution < -0.4 is 0 Å². The highest BCUT2D eigenvalue weighted by atomic mass is 32.2. The molecule has 0 spiro atoms. The minimum atomic E-state index is -0.289. The molecule has 16 heavy (non-hydrogen) atoms. The summed E-state index contributed by atoms with van der Waals surface area (Å²) < 4.78 is 18.2. The topological polar surface area (TPSA) is 30.2 Å². The number of carbonyl (C=O) groups is 1. The third-order valence-electron chi connectivity index (χ3n) is 1.94. The van der Waals surface area contributed by atoms with Crippen LogP contribution in [0.4, 0.5) is 4.39 Å². The number of carbonyl (C=O) groups excluding carboxylic acids is 1. The van der Waals surface area contributed by atoms with Crippen molar-refractivity contribution in [2.24, 2.45) is 0 Å². The first-order valence-corrected chi connectivity index (χ1v) is 5.51. The number of hydrogen-bond acceptors (Lipinski definition) is 3. The van der Waals surface area contributed by atoms with Crippen molar-refractivity contribution in [2.45, 2.75) is 16.9 Å². The molecule has 0 saturated carbocycles. The average molecular weight is 236 g/mol. The van der Waals surface area contributed by atoms with Gasteiger partial charge in [0.15, 0.2) is 16.6 Å². The minimum Gasteiger partial charge on any atom is -0.446 e. The van der Waals surface area contributed by atoms with Crippen LogP contribution in [0.15, 0.2) is 50.8 Å². The van der Waals surface area contributed by atoms with E-state index in [4.69, 9.17) is 4.42 Å². The maximum Gasteiger partial charge on any atom is 0.194 e. The van der Waals surface area contributed by atoms with Crippen molar-refractivity contribution in [1.29, 1.82) is 0 Å². The Morgan fingerprint density at radius 1 is 1.31 bits per heavy atom. The second-order valence-electron chi connectivity index (χ2n) is 3.23. The van der Waals surface area contributed by atoms with Gasteiger partial charge in [0.25, 0.3) is 0 Å². The molecule has 0 unspecified atom stereocenters. The van der Waals surface area contributed by atoms with Crippen molar-refractivity contribution in [3.63, 3.8) is 0 Å². The van der Waals surface area contributed by atoms with Crippen LogP contribution in [0, 0.1) is 5.82 Å². The van der Waals surface area contributed by atoms with Gasteiger partial charge in [-0.3, -0.25) is 4.79 Å². The van der Waals surface area contributed by atoms with E-state index in [1.165, 1.54) is 30.8 Å². The second kappa shape index (κ2) is 4.53. The summed E-state index contributed by atoms with van der Waals surface area (Å²) in [4.78, 5) is 11.7. The van der Waals surface area contributed by atoms with E-state index >= 15 is 0 Å². The zero-order valence-corrected chi connectivity index (χ0v) is 9.38. The zero-order valence-electron chi connectivity index (χ0n) is 8.57. The van der Waals surface area contributed by atoms with E-state index in [0.717, 1.165) is 4.90 Å². The Hall–Kier alpha value is -1.55. The van der Waals surface area contributed by atoms with Crippen LogP contribution in [-0.2, 0) is 0 Å². The summed E-state index contributed by atoms with van der Waals surface area (Å²) in [6.07, 6.45) is 0. The first-order chi connectivity index (χ1) is 7.65. The molecule has 1 aromatic heterocycles. The summed E-state index contributed by atoms with van der Waals surface area (Å²) in [6, 6.07) is 9.53. The van der Waals surface area contributed by atoms with E-state index in [1.807, 2.05) is 0 Å². The standard InChI is InChI=1S/C12H9FO2S/c1-8(14)11-5-6-12(15-11)16-10-4-2-3-9(13)7-10/h2-7H,1H3. The summed E-state index contributed by atoms with van der Waals surface area (Å²) in [6.45, 7) is 1.44. The molecule has 0 atom stereocenters. The summed E-state index contributed by atoms with van der Waals surface area (Å²) in [5, 5.41) is 0.579. The lowest BCUT2D eigenvalue weighted by Crippen LogP contribution is -1.85. The summed E-state index contributed by atoms with van der Waals surface area (Å²) in [7, 11) is 0. The molecule has 0 aliphatic carbocycles. The summed E-state index contributed by atoms with van der Waals surface area (Å²) >= 11 is 1.28. The molecule has 0 saturated heterocycles. The molecular weight excluding hydrogens is 227 g/mol. The number of rotatable bonds is 3. The maximum absolute atomic E-state index is 12.9. The smallest absolute Gasteiger partial charge is 0.194 e. The third-order valence-corrected chi connectivity index (χ3v) is 2.85. The molecule has 0 fully saturated rings. The van der Waals surface area contributed by atoms with Crippen molar-refractivity contribution < 1.29 is 13.6 Å². The van der Waals surface area contributed by atoms with Gasteiger partial charge in [-0.1, -0.05) is 17.8 Å². The highest BCUT2D eigenvalue weighted by Gasteiger charge is 2.07. The number of halogens is 1. The lowest BCUT2D eigenvalue weighted by atomic mass is 10.3. The largest absolute Gasteiger partial charge is 0.446 e. The second-order valence-corrected chi connectivity index (χ2v) is 4.31. The van der Waals surface area contributed by atoms with E-state index in [0.29, 0.717) is 10.9 Å². The number of furan rings is 1. The molecule has 0 aliphatic heterocycles. The number of hydrogen-bond donors (Lipinski definition) is 0. The van der Waals surface area contributed by atoms with E-state index < -0.39 is 0 Å². The lowest BCUT2D eigenvalue weighted by molar-refractivity contribution is 0.0982. The molecule has 0 amide bonds. The van der Waals surface area contributed by atoms with Gasteiger partial charge in [0.2, 0.25) is 0 Å². The molecule has 0 bridgehead atoms. The number of benzene rings is 1. The monoisotopic (exact) mass is 236 g/mol. The van der Waals surface area contributed by atoms with Gasteiger partial charge >= 0.3 is 0 Å². The molecule has 0 N–H and O–H groups in total. The van der Waals surface area contributed by atoms with Crippen molar-refractivity contribution >= 4 is 17.5 Å². The average Bonchev–Trinajstić information content (AvgIpc) is 2.66. The van der Waals surface area contributed by atoms with Gasteiger partial charge < -0.3 is 4.42 Å².